The maximum Gasteiger partial charge on any atom is 0.0636 e. The molecule has 2 rings (SSSR count). The third-order valence-electron chi connectivity index (χ3n) is 6.13. The second-order valence-corrected chi connectivity index (χ2v) is 8.92. The van der Waals surface area contributed by atoms with Crippen molar-refractivity contribution in [2.24, 2.45) is 9.98 Å². The molecule has 178 valence electrons. The third kappa shape index (κ3) is 9.41. The Balaban J connectivity index is 0.00000512. The van der Waals surface area contributed by atoms with Crippen LogP contribution >= 0.6 is 0 Å². The maximum atomic E-state index is 5.16. The van der Waals surface area contributed by atoms with E-state index in [2.05, 4.69) is 77.9 Å². The Kier molecular flexibility index (Phi) is 13.4. The summed E-state index contributed by atoms with van der Waals surface area (Å²) in [6, 6.07) is 13.1. The summed E-state index contributed by atoms with van der Waals surface area (Å²) in [5.41, 5.74) is 9.67. The average Bonchev–Trinajstić information content (AvgIpc) is 2.75. The van der Waals surface area contributed by atoms with Crippen LogP contribution in [0, 0.1) is 27.7 Å². The quantitative estimate of drug-likeness (QED) is 0.165. The molecular formula is C29H42N2Ni. The molecule has 0 saturated heterocycles. The van der Waals surface area contributed by atoms with Gasteiger partial charge >= 0.3 is 0 Å². The second kappa shape index (κ2) is 15.2. The van der Waals surface area contributed by atoms with Crippen molar-refractivity contribution in [2.45, 2.75) is 99.3 Å². The van der Waals surface area contributed by atoms with Crippen molar-refractivity contribution in [3.8, 4) is 0 Å². The zero-order valence-electron chi connectivity index (χ0n) is 21.0. The molecule has 0 bridgehead atoms. The SMILES string of the molecule is CCCCCCC(=N\c1ccc(C)c(C)c1)/C(CCCCC)=N/c1ccc(C)c(C)c1.[Ni]. The van der Waals surface area contributed by atoms with Crippen molar-refractivity contribution in [1.29, 1.82) is 0 Å². The average molecular weight is 477 g/mol. The number of unbranched alkanes of at least 4 members (excludes halogenated alkanes) is 5. The van der Waals surface area contributed by atoms with Crippen molar-refractivity contribution in [1.82, 2.24) is 0 Å². The molecule has 0 amide bonds. The van der Waals surface area contributed by atoms with Gasteiger partial charge in [-0.3, -0.25) is 9.98 Å². The number of benzene rings is 2. The van der Waals surface area contributed by atoms with Crippen LogP contribution in [0.15, 0.2) is 46.4 Å². The molecule has 0 aliphatic rings. The fraction of sp³-hybridized carbons (Fsp3) is 0.517. The largest absolute Gasteiger partial charge is 0.252 e. The fourth-order valence-electron chi connectivity index (χ4n) is 3.69. The Hall–Kier alpha value is -1.73. The van der Waals surface area contributed by atoms with Gasteiger partial charge in [0.2, 0.25) is 0 Å². The molecule has 0 fully saturated rings. The molecule has 0 aliphatic heterocycles. The van der Waals surface area contributed by atoms with Crippen LogP contribution in [0.2, 0.25) is 0 Å². The Morgan fingerprint density at radius 1 is 0.562 bits per heavy atom. The van der Waals surface area contributed by atoms with Crippen molar-refractivity contribution >= 4 is 22.8 Å². The summed E-state index contributed by atoms with van der Waals surface area (Å²) in [6.45, 7) is 13.2. The van der Waals surface area contributed by atoms with Gasteiger partial charge in [0.15, 0.2) is 0 Å². The van der Waals surface area contributed by atoms with E-state index in [9.17, 15) is 0 Å². The molecule has 0 spiro atoms. The van der Waals surface area contributed by atoms with E-state index in [-0.39, 0.29) is 16.5 Å². The molecular weight excluding hydrogens is 435 g/mol. The first kappa shape index (κ1) is 28.3. The smallest absolute Gasteiger partial charge is 0.0636 e. The van der Waals surface area contributed by atoms with Gasteiger partial charge in [0.25, 0.3) is 0 Å². The van der Waals surface area contributed by atoms with E-state index in [0.717, 1.165) is 24.2 Å². The summed E-state index contributed by atoms with van der Waals surface area (Å²) in [7, 11) is 0. The van der Waals surface area contributed by atoms with E-state index in [1.807, 2.05) is 0 Å². The molecule has 0 N–H and O–H groups in total. The molecule has 0 radical (unpaired) electrons. The molecule has 32 heavy (non-hydrogen) atoms. The van der Waals surface area contributed by atoms with Gasteiger partial charge in [-0.15, -0.1) is 0 Å². The maximum absolute atomic E-state index is 5.16. The third-order valence-corrected chi connectivity index (χ3v) is 6.13. The molecule has 2 aromatic carbocycles. The van der Waals surface area contributed by atoms with Gasteiger partial charge in [0.1, 0.15) is 0 Å². The number of hydrogen-bond acceptors (Lipinski definition) is 2. The van der Waals surface area contributed by atoms with Crippen LogP contribution in [0.4, 0.5) is 11.4 Å². The molecule has 0 atom stereocenters. The zero-order chi connectivity index (χ0) is 22.6. The van der Waals surface area contributed by atoms with Gasteiger partial charge in [0, 0.05) is 16.5 Å². The van der Waals surface area contributed by atoms with Crippen LogP contribution in [0.3, 0.4) is 0 Å². The van der Waals surface area contributed by atoms with Crippen LogP contribution < -0.4 is 0 Å². The normalized spacial score (nSPS) is 12.1. The van der Waals surface area contributed by atoms with E-state index in [1.165, 1.54) is 78.6 Å². The first-order valence-corrected chi connectivity index (χ1v) is 12.2. The zero-order valence-corrected chi connectivity index (χ0v) is 22.0. The first-order valence-electron chi connectivity index (χ1n) is 12.2. The predicted octanol–water partition coefficient (Wildman–Crippen LogP) is 9.31. The number of nitrogens with zero attached hydrogens (tertiary/aromatic N) is 2. The summed E-state index contributed by atoms with van der Waals surface area (Å²) < 4.78 is 0. The van der Waals surface area contributed by atoms with Gasteiger partial charge in [0.05, 0.1) is 22.8 Å². The van der Waals surface area contributed by atoms with Gasteiger partial charge in [-0.25, -0.2) is 0 Å². The minimum Gasteiger partial charge on any atom is -0.252 e. The summed E-state index contributed by atoms with van der Waals surface area (Å²) in [4.78, 5) is 10.3. The molecule has 0 saturated carbocycles. The number of aryl methyl sites for hydroxylation is 4. The molecule has 3 heteroatoms. The number of hydrogen-bond donors (Lipinski definition) is 0. The molecule has 0 heterocycles. The molecule has 0 aromatic heterocycles. The van der Waals surface area contributed by atoms with Crippen LogP contribution in [0.25, 0.3) is 0 Å². The minimum atomic E-state index is 0. The van der Waals surface area contributed by atoms with Crippen molar-refractivity contribution in [2.75, 3.05) is 0 Å². The molecule has 2 aromatic rings. The van der Waals surface area contributed by atoms with Crippen molar-refractivity contribution in [3.63, 3.8) is 0 Å². The number of aliphatic imine (C=N–C) groups is 2. The molecule has 0 aliphatic carbocycles. The van der Waals surface area contributed by atoms with E-state index in [1.54, 1.807) is 0 Å². The monoisotopic (exact) mass is 476 g/mol. The summed E-state index contributed by atoms with van der Waals surface area (Å²) >= 11 is 0. The summed E-state index contributed by atoms with van der Waals surface area (Å²) in [5.74, 6) is 0. The Morgan fingerprint density at radius 2 is 0.969 bits per heavy atom. The topological polar surface area (TPSA) is 24.7 Å². The molecule has 2 nitrogen and oxygen atoms in total. The van der Waals surface area contributed by atoms with Crippen molar-refractivity contribution in [3.05, 3.63) is 58.7 Å². The number of rotatable bonds is 12. The Labute approximate surface area is 207 Å². The second-order valence-electron chi connectivity index (χ2n) is 8.92. The van der Waals surface area contributed by atoms with Gasteiger partial charge in [-0.2, -0.15) is 0 Å². The van der Waals surface area contributed by atoms with Crippen LogP contribution in [-0.4, -0.2) is 11.4 Å². The van der Waals surface area contributed by atoms with E-state index >= 15 is 0 Å². The minimum absolute atomic E-state index is 0. The molecule has 0 unspecified atom stereocenters. The van der Waals surface area contributed by atoms with Gasteiger partial charge in [-0.1, -0.05) is 58.1 Å². The fourth-order valence-corrected chi connectivity index (χ4v) is 3.69. The van der Waals surface area contributed by atoms with Crippen molar-refractivity contribution < 1.29 is 16.5 Å². The standard InChI is InChI=1S/C29H42N2.Ni/c1-7-9-11-13-15-29(31-27-19-17-23(4)25(6)21-27)28(14-12-10-8-2)30-26-18-16-22(3)24(5)20-26;/h16-21H,7-15H2,1-6H3;/b30-28+,31-29+;. The van der Waals surface area contributed by atoms with E-state index in [4.69, 9.17) is 9.98 Å². The Bertz CT molecular complexity index is 896. The van der Waals surface area contributed by atoms with Crippen LogP contribution in [-0.2, 0) is 16.5 Å². The predicted molar refractivity (Wildman–Crippen MR) is 139 cm³/mol. The first-order chi connectivity index (χ1) is 14.9. The van der Waals surface area contributed by atoms with E-state index < -0.39 is 0 Å². The van der Waals surface area contributed by atoms with Gasteiger partial charge < -0.3 is 0 Å². The van der Waals surface area contributed by atoms with Crippen LogP contribution in [0.5, 0.6) is 0 Å². The van der Waals surface area contributed by atoms with Gasteiger partial charge in [-0.05, 0) is 99.9 Å². The Morgan fingerprint density at radius 3 is 1.38 bits per heavy atom. The van der Waals surface area contributed by atoms with E-state index in [0.29, 0.717) is 0 Å². The summed E-state index contributed by atoms with van der Waals surface area (Å²) in [5, 5.41) is 0. The summed E-state index contributed by atoms with van der Waals surface area (Å²) in [6.07, 6.45) is 10.6. The van der Waals surface area contributed by atoms with Crippen LogP contribution in [0.1, 0.15) is 93.9 Å².